The first kappa shape index (κ1) is 13.7. The van der Waals surface area contributed by atoms with E-state index in [9.17, 15) is 10.2 Å². The summed E-state index contributed by atoms with van der Waals surface area (Å²) in [4.78, 5) is 1.32. The van der Waals surface area contributed by atoms with Gasteiger partial charge in [0.05, 0.1) is 6.54 Å². The van der Waals surface area contributed by atoms with E-state index >= 15 is 0 Å². The van der Waals surface area contributed by atoms with E-state index < -0.39 is 0 Å². The Kier molecular flexibility index (Phi) is 6.03. The van der Waals surface area contributed by atoms with Crippen molar-refractivity contribution >= 4 is 0 Å². The van der Waals surface area contributed by atoms with Crippen molar-refractivity contribution in [2.24, 2.45) is 5.92 Å². The average molecular weight is 228 g/mol. The molecule has 0 radical (unpaired) electrons. The SMILES string of the molecule is C[C@@H](O)C[NH+](C[C@H]1CC=CCC1)C[C@@H](C)O. The molecule has 1 aliphatic carbocycles. The van der Waals surface area contributed by atoms with Crippen LogP contribution in [0.1, 0.15) is 33.1 Å². The topological polar surface area (TPSA) is 44.9 Å². The lowest BCUT2D eigenvalue weighted by Crippen LogP contribution is -3.14. The Bertz CT molecular complexity index is 204. The van der Waals surface area contributed by atoms with Gasteiger partial charge in [0.2, 0.25) is 0 Å². The van der Waals surface area contributed by atoms with Crippen molar-refractivity contribution in [3.8, 4) is 0 Å². The lowest BCUT2D eigenvalue weighted by atomic mass is 9.94. The second-order valence-electron chi connectivity index (χ2n) is 5.21. The first-order chi connectivity index (χ1) is 7.58. The van der Waals surface area contributed by atoms with Gasteiger partial charge in [-0.3, -0.25) is 0 Å². The van der Waals surface area contributed by atoms with Crippen molar-refractivity contribution in [2.75, 3.05) is 19.6 Å². The fourth-order valence-corrected chi connectivity index (χ4v) is 2.54. The Morgan fingerprint density at radius 1 is 1.19 bits per heavy atom. The van der Waals surface area contributed by atoms with E-state index in [4.69, 9.17) is 0 Å². The number of quaternary nitrogens is 1. The Balaban J connectivity index is 2.38. The molecule has 0 aromatic heterocycles. The maximum Gasteiger partial charge on any atom is 0.103 e. The second-order valence-corrected chi connectivity index (χ2v) is 5.21. The van der Waals surface area contributed by atoms with Gasteiger partial charge in [0.25, 0.3) is 0 Å². The number of rotatable bonds is 6. The quantitative estimate of drug-likeness (QED) is 0.560. The molecule has 3 heteroatoms. The predicted molar refractivity (Wildman–Crippen MR) is 65.4 cm³/mol. The predicted octanol–water partition coefficient (Wildman–Crippen LogP) is -0.0108. The van der Waals surface area contributed by atoms with Crippen molar-refractivity contribution < 1.29 is 15.1 Å². The Labute approximate surface area is 98.8 Å². The van der Waals surface area contributed by atoms with Gasteiger partial charge in [-0.15, -0.1) is 0 Å². The van der Waals surface area contributed by atoms with Crippen LogP contribution in [0, 0.1) is 5.92 Å². The highest BCUT2D eigenvalue weighted by molar-refractivity contribution is 4.89. The van der Waals surface area contributed by atoms with Gasteiger partial charge in [0, 0.05) is 5.92 Å². The number of hydrogen-bond donors (Lipinski definition) is 3. The minimum atomic E-state index is -0.284. The fourth-order valence-electron chi connectivity index (χ4n) is 2.54. The van der Waals surface area contributed by atoms with Crippen molar-refractivity contribution in [1.82, 2.24) is 0 Å². The molecule has 0 aliphatic heterocycles. The van der Waals surface area contributed by atoms with Gasteiger partial charge in [-0.05, 0) is 33.1 Å². The van der Waals surface area contributed by atoms with Crippen LogP contribution in [0.15, 0.2) is 12.2 Å². The van der Waals surface area contributed by atoms with Crippen LogP contribution in [0.25, 0.3) is 0 Å². The van der Waals surface area contributed by atoms with E-state index in [1.54, 1.807) is 0 Å². The Morgan fingerprint density at radius 2 is 1.81 bits per heavy atom. The highest BCUT2D eigenvalue weighted by atomic mass is 16.3. The number of nitrogens with one attached hydrogen (secondary N) is 1. The minimum Gasteiger partial charge on any atom is -0.388 e. The molecular weight excluding hydrogens is 202 g/mol. The summed E-state index contributed by atoms with van der Waals surface area (Å²) in [5.41, 5.74) is 0. The third kappa shape index (κ3) is 5.64. The van der Waals surface area contributed by atoms with Crippen molar-refractivity contribution in [2.45, 2.75) is 45.3 Å². The lowest BCUT2D eigenvalue weighted by Gasteiger charge is -2.27. The molecule has 0 amide bonds. The summed E-state index contributed by atoms with van der Waals surface area (Å²) in [6, 6.07) is 0. The molecule has 1 aliphatic rings. The van der Waals surface area contributed by atoms with Crippen LogP contribution >= 0.6 is 0 Å². The molecule has 1 rings (SSSR count). The molecule has 0 saturated heterocycles. The van der Waals surface area contributed by atoms with Gasteiger partial charge < -0.3 is 15.1 Å². The minimum absolute atomic E-state index is 0.284. The third-order valence-corrected chi connectivity index (χ3v) is 3.12. The largest absolute Gasteiger partial charge is 0.388 e. The molecule has 16 heavy (non-hydrogen) atoms. The molecule has 0 aromatic carbocycles. The summed E-state index contributed by atoms with van der Waals surface area (Å²) >= 11 is 0. The summed E-state index contributed by atoms with van der Waals surface area (Å²) in [6.07, 6.45) is 7.53. The first-order valence-corrected chi connectivity index (χ1v) is 6.42. The number of allylic oxidation sites excluding steroid dienone is 2. The maximum atomic E-state index is 9.45. The zero-order valence-electron chi connectivity index (χ0n) is 10.5. The Hall–Kier alpha value is -0.380. The van der Waals surface area contributed by atoms with Crippen molar-refractivity contribution in [3.05, 3.63) is 12.2 Å². The van der Waals surface area contributed by atoms with Crippen LogP contribution in [0.2, 0.25) is 0 Å². The van der Waals surface area contributed by atoms with Crippen LogP contribution in [-0.2, 0) is 0 Å². The average Bonchev–Trinajstić information content (AvgIpc) is 2.16. The van der Waals surface area contributed by atoms with Crippen molar-refractivity contribution in [3.63, 3.8) is 0 Å². The van der Waals surface area contributed by atoms with E-state index in [1.165, 1.54) is 17.7 Å². The van der Waals surface area contributed by atoms with Crippen LogP contribution in [0.5, 0.6) is 0 Å². The summed E-state index contributed by atoms with van der Waals surface area (Å²) in [6.45, 7) is 6.20. The molecule has 3 atom stereocenters. The molecule has 0 unspecified atom stereocenters. The van der Waals surface area contributed by atoms with Crippen molar-refractivity contribution in [1.29, 1.82) is 0 Å². The summed E-state index contributed by atoms with van der Waals surface area (Å²) < 4.78 is 0. The van der Waals surface area contributed by atoms with Gasteiger partial charge in [-0.1, -0.05) is 12.2 Å². The van der Waals surface area contributed by atoms with E-state index in [0.717, 1.165) is 32.0 Å². The normalized spacial score (nSPS) is 24.7. The third-order valence-electron chi connectivity index (χ3n) is 3.12. The molecule has 0 spiro atoms. The monoisotopic (exact) mass is 228 g/mol. The maximum absolute atomic E-state index is 9.45. The highest BCUT2D eigenvalue weighted by Gasteiger charge is 2.20. The van der Waals surface area contributed by atoms with E-state index in [-0.39, 0.29) is 12.2 Å². The smallest absolute Gasteiger partial charge is 0.103 e. The van der Waals surface area contributed by atoms with Gasteiger partial charge in [-0.2, -0.15) is 0 Å². The van der Waals surface area contributed by atoms with E-state index in [2.05, 4.69) is 12.2 Å². The number of aliphatic hydroxyl groups is 2. The second kappa shape index (κ2) is 7.05. The molecular formula is C13H26NO2+. The molecule has 0 bridgehead atoms. The van der Waals surface area contributed by atoms with E-state index in [0.29, 0.717) is 0 Å². The van der Waals surface area contributed by atoms with Crippen LogP contribution in [0.3, 0.4) is 0 Å². The number of aliphatic hydroxyl groups excluding tert-OH is 2. The molecule has 3 N–H and O–H groups in total. The Morgan fingerprint density at radius 3 is 2.25 bits per heavy atom. The lowest BCUT2D eigenvalue weighted by molar-refractivity contribution is -0.909. The standard InChI is InChI=1S/C13H25NO2/c1-11(15)8-14(9-12(2)16)10-13-6-4-3-5-7-13/h3-4,11-13,15-16H,5-10H2,1-2H3/p+1/t11-,12-,13+/m1/s1. The molecule has 3 nitrogen and oxygen atoms in total. The van der Waals surface area contributed by atoms with Crippen LogP contribution < -0.4 is 4.90 Å². The van der Waals surface area contributed by atoms with Gasteiger partial charge >= 0.3 is 0 Å². The van der Waals surface area contributed by atoms with Crippen LogP contribution in [-0.4, -0.2) is 42.1 Å². The molecule has 94 valence electrons. The summed E-state index contributed by atoms with van der Waals surface area (Å²) in [7, 11) is 0. The van der Waals surface area contributed by atoms with Gasteiger partial charge in [0.15, 0.2) is 0 Å². The fraction of sp³-hybridized carbons (Fsp3) is 0.846. The zero-order valence-corrected chi connectivity index (χ0v) is 10.5. The summed E-state index contributed by atoms with van der Waals surface area (Å²) in [5, 5.41) is 18.9. The number of hydrogen-bond acceptors (Lipinski definition) is 2. The van der Waals surface area contributed by atoms with E-state index in [1.807, 2.05) is 13.8 Å². The molecule has 0 fully saturated rings. The zero-order chi connectivity index (χ0) is 12.0. The van der Waals surface area contributed by atoms with Gasteiger partial charge in [-0.25, -0.2) is 0 Å². The molecule has 0 heterocycles. The van der Waals surface area contributed by atoms with Gasteiger partial charge in [0.1, 0.15) is 25.3 Å². The molecule has 0 aromatic rings. The van der Waals surface area contributed by atoms with Crippen LogP contribution in [0.4, 0.5) is 0 Å². The highest BCUT2D eigenvalue weighted by Crippen LogP contribution is 2.15. The first-order valence-electron chi connectivity index (χ1n) is 6.42. The summed E-state index contributed by atoms with van der Waals surface area (Å²) in [5.74, 6) is 0.720. The molecule has 0 saturated carbocycles.